The first-order valence-corrected chi connectivity index (χ1v) is 5.94. The molecule has 0 aliphatic rings. The van der Waals surface area contributed by atoms with E-state index in [1.807, 2.05) is 6.92 Å². The van der Waals surface area contributed by atoms with Gasteiger partial charge in [-0.15, -0.1) is 0 Å². The smallest absolute Gasteiger partial charge is 0.269 e. The predicted molar refractivity (Wildman–Crippen MR) is 67.2 cm³/mol. The van der Waals surface area contributed by atoms with Gasteiger partial charge < -0.3 is 10.3 Å². The molecule has 2 aromatic heterocycles. The van der Waals surface area contributed by atoms with Crippen molar-refractivity contribution in [1.82, 2.24) is 25.1 Å². The van der Waals surface area contributed by atoms with E-state index in [4.69, 9.17) is 0 Å². The molecule has 0 unspecified atom stereocenters. The van der Waals surface area contributed by atoms with Crippen LogP contribution >= 0.6 is 0 Å². The monoisotopic (exact) mass is 247 g/mol. The van der Waals surface area contributed by atoms with Gasteiger partial charge in [-0.3, -0.25) is 9.48 Å². The minimum atomic E-state index is -0.0856. The number of hydrogen-bond acceptors (Lipinski definition) is 3. The van der Waals surface area contributed by atoms with E-state index in [0.717, 1.165) is 24.4 Å². The van der Waals surface area contributed by atoms with Crippen LogP contribution < -0.4 is 5.32 Å². The van der Waals surface area contributed by atoms with Crippen LogP contribution in [-0.2, 0) is 13.5 Å². The van der Waals surface area contributed by atoms with Gasteiger partial charge in [0.25, 0.3) is 5.91 Å². The van der Waals surface area contributed by atoms with Crippen molar-refractivity contribution in [2.24, 2.45) is 7.05 Å². The van der Waals surface area contributed by atoms with E-state index in [0.29, 0.717) is 12.2 Å². The summed E-state index contributed by atoms with van der Waals surface area (Å²) in [4.78, 5) is 19.0. The van der Waals surface area contributed by atoms with Crippen LogP contribution in [0.25, 0.3) is 0 Å². The molecule has 0 saturated carbocycles. The molecule has 96 valence electrons. The number of rotatable bonds is 5. The predicted octanol–water partition coefficient (Wildman–Crippen LogP) is 0.814. The van der Waals surface area contributed by atoms with Gasteiger partial charge in [-0.1, -0.05) is 0 Å². The Bertz CT molecular complexity index is 515. The first-order valence-electron chi connectivity index (χ1n) is 5.94. The highest BCUT2D eigenvalue weighted by molar-refractivity contribution is 5.92. The molecule has 0 aromatic carbocycles. The van der Waals surface area contributed by atoms with Gasteiger partial charge >= 0.3 is 0 Å². The number of nitrogens with zero attached hydrogens (tertiary/aromatic N) is 3. The minimum absolute atomic E-state index is 0.0856. The topological polar surface area (TPSA) is 75.6 Å². The quantitative estimate of drug-likeness (QED) is 0.768. The van der Waals surface area contributed by atoms with Crippen molar-refractivity contribution in [3.63, 3.8) is 0 Å². The van der Waals surface area contributed by atoms with E-state index in [1.165, 1.54) is 0 Å². The van der Waals surface area contributed by atoms with Gasteiger partial charge in [-0.2, -0.15) is 5.10 Å². The number of amides is 1. The van der Waals surface area contributed by atoms with Crippen LogP contribution in [0, 0.1) is 6.92 Å². The maximum Gasteiger partial charge on any atom is 0.269 e. The fourth-order valence-corrected chi connectivity index (χ4v) is 1.81. The molecule has 2 rings (SSSR count). The Kier molecular flexibility index (Phi) is 3.76. The third kappa shape index (κ3) is 2.97. The third-order valence-corrected chi connectivity index (χ3v) is 2.67. The normalized spacial score (nSPS) is 10.6. The summed E-state index contributed by atoms with van der Waals surface area (Å²) in [6, 6.07) is 1.78. The van der Waals surface area contributed by atoms with E-state index in [1.54, 1.807) is 30.2 Å². The molecule has 0 spiro atoms. The average molecular weight is 247 g/mol. The molecule has 0 atom stereocenters. The second-order valence-corrected chi connectivity index (χ2v) is 4.19. The van der Waals surface area contributed by atoms with Crippen LogP contribution in [0.15, 0.2) is 18.5 Å². The lowest BCUT2D eigenvalue weighted by Crippen LogP contribution is -2.26. The first kappa shape index (κ1) is 12.3. The Balaban J connectivity index is 1.77. The highest BCUT2D eigenvalue weighted by Crippen LogP contribution is 2.01. The number of imidazole rings is 1. The Morgan fingerprint density at radius 1 is 1.56 bits per heavy atom. The van der Waals surface area contributed by atoms with E-state index in [-0.39, 0.29) is 5.91 Å². The molecule has 0 fully saturated rings. The zero-order chi connectivity index (χ0) is 13.0. The Hall–Kier alpha value is -2.11. The number of H-pyrrole nitrogens is 1. The van der Waals surface area contributed by atoms with Crippen LogP contribution in [0.4, 0.5) is 0 Å². The fraction of sp³-hybridized carbons (Fsp3) is 0.417. The van der Waals surface area contributed by atoms with Crippen LogP contribution in [0.1, 0.15) is 28.4 Å². The lowest BCUT2D eigenvalue weighted by Gasteiger charge is -2.04. The van der Waals surface area contributed by atoms with Crippen molar-refractivity contribution in [3.8, 4) is 0 Å². The first-order chi connectivity index (χ1) is 8.66. The van der Waals surface area contributed by atoms with Crippen molar-refractivity contribution in [2.45, 2.75) is 19.8 Å². The van der Waals surface area contributed by atoms with E-state index < -0.39 is 0 Å². The summed E-state index contributed by atoms with van der Waals surface area (Å²) in [6.45, 7) is 2.50. The second kappa shape index (κ2) is 5.48. The standard InChI is InChI=1S/C12H17N5O/c1-9-8-10(17(2)16-9)12(18)15-5-3-4-11-13-6-7-14-11/h6-8H,3-5H2,1-2H3,(H,13,14)(H,15,18). The van der Waals surface area contributed by atoms with Crippen molar-refractivity contribution in [2.75, 3.05) is 6.54 Å². The summed E-state index contributed by atoms with van der Waals surface area (Å²) in [7, 11) is 1.77. The summed E-state index contributed by atoms with van der Waals surface area (Å²) in [6.07, 6.45) is 5.21. The highest BCUT2D eigenvalue weighted by Gasteiger charge is 2.10. The highest BCUT2D eigenvalue weighted by atomic mass is 16.2. The van der Waals surface area contributed by atoms with E-state index in [2.05, 4.69) is 20.4 Å². The Morgan fingerprint density at radius 3 is 3.00 bits per heavy atom. The maximum absolute atomic E-state index is 11.8. The molecule has 2 aromatic rings. The number of aromatic nitrogens is 4. The zero-order valence-corrected chi connectivity index (χ0v) is 10.6. The van der Waals surface area contributed by atoms with Gasteiger partial charge in [0.1, 0.15) is 11.5 Å². The van der Waals surface area contributed by atoms with Crippen LogP contribution in [0.3, 0.4) is 0 Å². The van der Waals surface area contributed by atoms with Crippen LogP contribution in [-0.4, -0.2) is 32.2 Å². The zero-order valence-electron chi connectivity index (χ0n) is 10.6. The Morgan fingerprint density at radius 2 is 2.39 bits per heavy atom. The summed E-state index contributed by atoms with van der Waals surface area (Å²) < 4.78 is 1.59. The lowest BCUT2D eigenvalue weighted by molar-refractivity contribution is 0.0943. The molecule has 0 saturated heterocycles. The van der Waals surface area contributed by atoms with Crippen LogP contribution in [0.5, 0.6) is 0 Å². The number of carbonyl (C=O) groups is 1. The van der Waals surface area contributed by atoms with Crippen molar-refractivity contribution in [3.05, 3.63) is 35.7 Å². The number of hydrogen-bond donors (Lipinski definition) is 2. The molecule has 2 heterocycles. The minimum Gasteiger partial charge on any atom is -0.351 e. The van der Waals surface area contributed by atoms with E-state index in [9.17, 15) is 4.79 Å². The number of nitrogens with one attached hydrogen (secondary N) is 2. The number of aromatic amines is 1. The van der Waals surface area contributed by atoms with Gasteiger partial charge in [-0.05, 0) is 19.4 Å². The molecule has 6 nitrogen and oxygen atoms in total. The van der Waals surface area contributed by atoms with Crippen molar-refractivity contribution >= 4 is 5.91 Å². The number of aryl methyl sites for hydroxylation is 3. The number of carbonyl (C=O) groups excluding carboxylic acids is 1. The molecule has 1 amide bonds. The van der Waals surface area contributed by atoms with Gasteiger partial charge in [0.2, 0.25) is 0 Å². The Labute approximate surface area is 105 Å². The molecule has 0 radical (unpaired) electrons. The molecule has 2 N–H and O–H groups in total. The van der Waals surface area contributed by atoms with Gasteiger partial charge in [0, 0.05) is 32.4 Å². The van der Waals surface area contributed by atoms with E-state index >= 15 is 0 Å². The summed E-state index contributed by atoms with van der Waals surface area (Å²) in [5, 5.41) is 7.02. The summed E-state index contributed by atoms with van der Waals surface area (Å²) >= 11 is 0. The molecule has 6 heteroatoms. The van der Waals surface area contributed by atoms with Crippen LogP contribution in [0.2, 0.25) is 0 Å². The largest absolute Gasteiger partial charge is 0.351 e. The maximum atomic E-state index is 11.8. The molecule has 18 heavy (non-hydrogen) atoms. The van der Waals surface area contributed by atoms with Gasteiger partial charge in [-0.25, -0.2) is 4.98 Å². The molecule has 0 aliphatic carbocycles. The molecule has 0 aliphatic heterocycles. The van der Waals surface area contributed by atoms with Gasteiger partial charge in [0.05, 0.1) is 5.69 Å². The molecule has 0 bridgehead atoms. The molecular weight excluding hydrogens is 230 g/mol. The average Bonchev–Trinajstić information content (AvgIpc) is 2.94. The molecular formula is C12H17N5O. The second-order valence-electron chi connectivity index (χ2n) is 4.19. The van der Waals surface area contributed by atoms with Crippen molar-refractivity contribution < 1.29 is 4.79 Å². The summed E-state index contributed by atoms with van der Waals surface area (Å²) in [5.74, 6) is 0.859. The van der Waals surface area contributed by atoms with Gasteiger partial charge in [0.15, 0.2) is 0 Å². The fourth-order valence-electron chi connectivity index (χ4n) is 1.81. The summed E-state index contributed by atoms with van der Waals surface area (Å²) in [5.41, 5.74) is 1.43. The SMILES string of the molecule is Cc1cc(C(=O)NCCCc2ncc[nH]2)n(C)n1. The van der Waals surface area contributed by atoms with Crippen molar-refractivity contribution in [1.29, 1.82) is 0 Å². The lowest BCUT2D eigenvalue weighted by atomic mass is 10.3. The third-order valence-electron chi connectivity index (χ3n) is 2.67.